The fourth-order valence-corrected chi connectivity index (χ4v) is 2.91. The molecule has 0 aromatic heterocycles. The number of rotatable bonds is 1. The lowest BCUT2D eigenvalue weighted by atomic mass is 9.84. The van der Waals surface area contributed by atoms with Crippen LogP contribution in [0.5, 0.6) is 0 Å². The molecular formula is C17H18O. The fraction of sp³-hybridized carbons (Fsp3) is 0.294. The first-order valence-corrected chi connectivity index (χ1v) is 6.62. The van der Waals surface area contributed by atoms with E-state index in [0.29, 0.717) is 0 Å². The van der Waals surface area contributed by atoms with E-state index in [1.165, 1.54) is 22.3 Å². The van der Waals surface area contributed by atoms with Crippen molar-refractivity contribution in [2.24, 2.45) is 0 Å². The summed E-state index contributed by atoms with van der Waals surface area (Å²) in [5.74, 6) is 0. The number of aliphatic hydroxyl groups excluding tert-OH is 1. The van der Waals surface area contributed by atoms with Crippen molar-refractivity contribution in [3.8, 4) is 11.1 Å². The molecule has 1 nitrogen and oxygen atoms in total. The molecule has 1 unspecified atom stereocenters. The molecule has 0 saturated carbocycles. The Balaban J connectivity index is 2.16. The highest BCUT2D eigenvalue weighted by Gasteiger charge is 2.20. The Labute approximate surface area is 108 Å². The molecule has 0 fully saturated rings. The van der Waals surface area contributed by atoms with Gasteiger partial charge in [0, 0.05) is 0 Å². The lowest BCUT2D eigenvalue weighted by Gasteiger charge is -2.24. The first-order chi connectivity index (χ1) is 8.75. The second kappa shape index (κ2) is 4.58. The molecule has 0 spiro atoms. The van der Waals surface area contributed by atoms with Crippen LogP contribution in [-0.4, -0.2) is 5.11 Å². The third kappa shape index (κ3) is 1.95. The number of hydrogen-bond acceptors (Lipinski definition) is 1. The lowest BCUT2D eigenvalue weighted by molar-refractivity contribution is 0.156. The molecule has 0 bridgehead atoms. The van der Waals surface area contributed by atoms with Crippen LogP contribution in [0.1, 0.15) is 35.6 Å². The van der Waals surface area contributed by atoms with E-state index in [4.69, 9.17) is 0 Å². The fourth-order valence-electron chi connectivity index (χ4n) is 2.91. The predicted octanol–water partition coefficient (Wildman–Crippen LogP) is 4.03. The monoisotopic (exact) mass is 238 g/mol. The van der Waals surface area contributed by atoms with Crippen molar-refractivity contribution in [1.29, 1.82) is 0 Å². The molecule has 0 radical (unpaired) electrons. The van der Waals surface area contributed by atoms with Gasteiger partial charge in [0.1, 0.15) is 0 Å². The van der Waals surface area contributed by atoms with Gasteiger partial charge < -0.3 is 5.11 Å². The van der Waals surface area contributed by atoms with Crippen LogP contribution >= 0.6 is 0 Å². The molecule has 92 valence electrons. The van der Waals surface area contributed by atoms with E-state index in [-0.39, 0.29) is 6.10 Å². The first kappa shape index (κ1) is 11.5. The van der Waals surface area contributed by atoms with Crippen molar-refractivity contribution in [3.63, 3.8) is 0 Å². The topological polar surface area (TPSA) is 20.2 Å². The van der Waals surface area contributed by atoms with Crippen molar-refractivity contribution in [2.75, 3.05) is 0 Å². The van der Waals surface area contributed by atoms with Crippen molar-refractivity contribution >= 4 is 0 Å². The quantitative estimate of drug-likeness (QED) is 0.795. The van der Waals surface area contributed by atoms with E-state index in [2.05, 4.69) is 49.4 Å². The molecule has 2 aromatic rings. The summed E-state index contributed by atoms with van der Waals surface area (Å²) in [7, 11) is 0. The average molecular weight is 238 g/mol. The van der Waals surface area contributed by atoms with E-state index in [1.54, 1.807) is 0 Å². The van der Waals surface area contributed by atoms with Gasteiger partial charge in [-0.15, -0.1) is 0 Å². The third-order valence-corrected chi connectivity index (χ3v) is 3.80. The number of aliphatic hydroxyl groups is 1. The van der Waals surface area contributed by atoms with Crippen molar-refractivity contribution < 1.29 is 5.11 Å². The van der Waals surface area contributed by atoms with Crippen LogP contribution in [0.15, 0.2) is 42.5 Å². The smallest absolute Gasteiger partial charge is 0.0793 e. The second-order valence-electron chi connectivity index (χ2n) is 5.15. The largest absolute Gasteiger partial charge is 0.388 e. The summed E-state index contributed by atoms with van der Waals surface area (Å²) in [5, 5.41) is 10.1. The summed E-state index contributed by atoms with van der Waals surface area (Å²) < 4.78 is 0. The summed E-state index contributed by atoms with van der Waals surface area (Å²) in [6.07, 6.45) is 2.77. The molecule has 0 heterocycles. The molecule has 3 rings (SSSR count). The van der Waals surface area contributed by atoms with E-state index >= 15 is 0 Å². The maximum Gasteiger partial charge on any atom is 0.0793 e. The molecule has 1 aliphatic rings. The van der Waals surface area contributed by atoms with Crippen LogP contribution < -0.4 is 0 Å². The number of benzene rings is 2. The Kier molecular flexibility index (Phi) is 2.92. The minimum Gasteiger partial charge on any atom is -0.388 e. The molecule has 1 atom stereocenters. The zero-order valence-electron chi connectivity index (χ0n) is 10.7. The van der Waals surface area contributed by atoms with E-state index in [9.17, 15) is 5.11 Å². The van der Waals surface area contributed by atoms with Crippen LogP contribution in [0.4, 0.5) is 0 Å². The summed E-state index contributed by atoms with van der Waals surface area (Å²) in [6, 6.07) is 14.9. The van der Waals surface area contributed by atoms with Gasteiger partial charge in [-0.3, -0.25) is 0 Å². The molecule has 18 heavy (non-hydrogen) atoms. The Hall–Kier alpha value is -1.60. The van der Waals surface area contributed by atoms with Crippen molar-refractivity contribution in [1.82, 2.24) is 0 Å². The summed E-state index contributed by atoms with van der Waals surface area (Å²) in [6.45, 7) is 2.12. The van der Waals surface area contributed by atoms with Gasteiger partial charge in [0.25, 0.3) is 0 Å². The minimum atomic E-state index is -0.279. The molecule has 0 saturated heterocycles. The molecule has 0 amide bonds. The summed E-state index contributed by atoms with van der Waals surface area (Å²) >= 11 is 0. The molecule has 1 N–H and O–H groups in total. The Bertz CT molecular complexity index is 572. The zero-order chi connectivity index (χ0) is 12.5. The van der Waals surface area contributed by atoms with Gasteiger partial charge in [-0.2, -0.15) is 0 Å². The van der Waals surface area contributed by atoms with E-state index in [0.717, 1.165) is 24.8 Å². The number of aryl methyl sites for hydroxylation is 1. The Morgan fingerprint density at radius 1 is 1.11 bits per heavy atom. The Morgan fingerprint density at radius 2 is 1.94 bits per heavy atom. The van der Waals surface area contributed by atoms with Gasteiger partial charge >= 0.3 is 0 Å². The normalized spacial score (nSPS) is 18.4. The highest BCUT2D eigenvalue weighted by Crippen LogP contribution is 2.36. The van der Waals surface area contributed by atoms with Gasteiger partial charge in [0.2, 0.25) is 0 Å². The van der Waals surface area contributed by atoms with Crippen molar-refractivity contribution in [3.05, 3.63) is 59.2 Å². The molecule has 0 aliphatic heterocycles. The van der Waals surface area contributed by atoms with Crippen LogP contribution in [0.3, 0.4) is 0 Å². The van der Waals surface area contributed by atoms with Gasteiger partial charge in [-0.25, -0.2) is 0 Å². The van der Waals surface area contributed by atoms with Gasteiger partial charge in [0.15, 0.2) is 0 Å². The number of fused-ring (bicyclic) bond motifs is 1. The Morgan fingerprint density at radius 3 is 2.78 bits per heavy atom. The third-order valence-electron chi connectivity index (χ3n) is 3.80. The second-order valence-corrected chi connectivity index (χ2v) is 5.15. The SMILES string of the molecule is Cc1cccc(-c2cccc3c2CCCC3O)c1. The van der Waals surface area contributed by atoms with Crippen molar-refractivity contribution in [2.45, 2.75) is 32.3 Å². The van der Waals surface area contributed by atoms with Gasteiger partial charge in [0.05, 0.1) is 6.10 Å². The predicted molar refractivity (Wildman–Crippen MR) is 74.5 cm³/mol. The highest BCUT2D eigenvalue weighted by molar-refractivity contribution is 5.70. The average Bonchev–Trinajstić information content (AvgIpc) is 2.39. The summed E-state index contributed by atoms with van der Waals surface area (Å²) in [4.78, 5) is 0. The molecule has 1 heteroatoms. The van der Waals surface area contributed by atoms with Gasteiger partial charge in [-0.05, 0) is 48.4 Å². The number of hydrogen-bond donors (Lipinski definition) is 1. The van der Waals surface area contributed by atoms with E-state index < -0.39 is 0 Å². The minimum absolute atomic E-state index is 0.279. The van der Waals surface area contributed by atoms with Crippen LogP contribution in [-0.2, 0) is 6.42 Å². The highest BCUT2D eigenvalue weighted by atomic mass is 16.3. The zero-order valence-corrected chi connectivity index (χ0v) is 10.7. The maximum absolute atomic E-state index is 10.1. The van der Waals surface area contributed by atoms with E-state index in [1.807, 2.05) is 0 Å². The summed E-state index contributed by atoms with van der Waals surface area (Å²) in [5.41, 5.74) is 6.29. The van der Waals surface area contributed by atoms with Gasteiger partial charge in [-0.1, -0.05) is 48.0 Å². The molecule has 2 aromatic carbocycles. The molecule has 1 aliphatic carbocycles. The molecular weight excluding hydrogens is 220 g/mol. The van der Waals surface area contributed by atoms with Crippen LogP contribution in [0.2, 0.25) is 0 Å². The van der Waals surface area contributed by atoms with Crippen LogP contribution in [0.25, 0.3) is 11.1 Å². The lowest BCUT2D eigenvalue weighted by Crippen LogP contribution is -2.10. The maximum atomic E-state index is 10.1. The van der Waals surface area contributed by atoms with Crippen LogP contribution in [0, 0.1) is 6.92 Å². The standard InChI is InChI=1S/C17H18O/c1-12-5-2-6-13(11-12)14-7-3-9-16-15(14)8-4-10-17(16)18/h2-3,5-7,9,11,17-18H,4,8,10H2,1H3. The first-order valence-electron chi connectivity index (χ1n) is 6.62.